The topological polar surface area (TPSA) is 102 Å². The second-order valence-corrected chi connectivity index (χ2v) is 9.12. The average molecular weight is 364 g/mol. The highest BCUT2D eigenvalue weighted by Gasteiger charge is 2.42. The Hall–Kier alpha value is -1.35. The first-order valence-electron chi connectivity index (χ1n) is 7.87. The lowest BCUT2D eigenvalue weighted by molar-refractivity contribution is -0.134. The summed E-state index contributed by atoms with van der Waals surface area (Å²) in [4.78, 5) is 25.7. The summed E-state index contributed by atoms with van der Waals surface area (Å²) < 4.78 is 34.1. The number of amides is 2. The summed E-state index contributed by atoms with van der Waals surface area (Å²) in [7, 11) is 0.569. The maximum atomic E-state index is 12.2. The Labute approximate surface area is 144 Å². The summed E-state index contributed by atoms with van der Waals surface area (Å²) in [6, 6.07) is -0.743. The molecular formula is C15H28N2O6S. The van der Waals surface area contributed by atoms with Crippen LogP contribution in [-0.4, -0.2) is 63.4 Å². The van der Waals surface area contributed by atoms with E-state index < -0.39 is 33.1 Å². The largest absolute Gasteiger partial charge is 0.444 e. The van der Waals surface area contributed by atoms with Crippen molar-refractivity contribution in [1.29, 1.82) is 0 Å². The molecule has 0 heterocycles. The lowest BCUT2D eigenvalue weighted by Crippen LogP contribution is -2.53. The van der Waals surface area contributed by atoms with Crippen LogP contribution in [0.15, 0.2) is 0 Å². The maximum absolute atomic E-state index is 12.2. The van der Waals surface area contributed by atoms with Gasteiger partial charge in [0.25, 0.3) is 10.1 Å². The second-order valence-electron chi connectivity index (χ2n) is 7.19. The predicted molar refractivity (Wildman–Crippen MR) is 88.9 cm³/mol. The average Bonchev–Trinajstić information content (AvgIpc) is 2.43. The third-order valence-corrected chi connectivity index (χ3v) is 5.65. The van der Waals surface area contributed by atoms with Gasteiger partial charge in [-0.15, -0.1) is 0 Å². The second kappa shape index (κ2) is 7.69. The van der Waals surface area contributed by atoms with Crippen LogP contribution < -0.4 is 5.32 Å². The molecule has 1 aliphatic rings. The van der Waals surface area contributed by atoms with Gasteiger partial charge in [0.1, 0.15) is 10.9 Å². The highest BCUT2D eigenvalue weighted by molar-refractivity contribution is 7.87. The molecule has 0 unspecified atom stereocenters. The molecule has 0 aromatic heterocycles. The van der Waals surface area contributed by atoms with E-state index in [0.717, 1.165) is 7.11 Å². The normalized spacial score (nSPS) is 25.0. The first-order chi connectivity index (χ1) is 10.9. The summed E-state index contributed by atoms with van der Waals surface area (Å²) >= 11 is 0. The van der Waals surface area contributed by atoms with Crippen molar-refractivity contribution >= 4 is 22.1 Å². The van der Waals surface area contributed by atoms with Gasteiger partial charge in [-0.1, -0.05) is 0 Å². The van der Waals surface area contributed by atoms with Gasteiger partial charge in [0.15, 0.2) is 0 Å². The van der Waals surface area contributed by atoms with E-state index in [1.165, 1.54) is 4.90 Å². The summed E-state index contributed by atoms with van der Waals surface area (Å²) in [5.41, 5.74) is -0.701. The molecule has 140 valence electrons. The van der Waals surface area contributed by atoms with Crippen LogP contribution in [0.3, 0.4) is 0 Å². The van der Waals surface area contributed by atoms with Gasteiger partial charge in [0.2, 0.25) is 5.91 Å². The van der Waals surface area contributed by atoms with Crippen LogP contribution in [0.25, 0.3) is 0 Å². The van der Waals surface area contributed by atoms with E-state index in [4.69, 9.17) is 4.74 Å². The van der Waals surface area contributed by atoms with E-state index in [0.29, 0.717) is 6.42 Å². The molecule has 0 aromatic rings. The molecule has 1 rings (SSSR count). The van der Waals surface area contributed by atoms with Crippen LogP contribution in [0, 0.1) is 5.92 Å². The number of rotatable bonds is 4. The van der Waals surface area contributed by atoms with Gasteiger partial charge in [0, 0.05) is 20.0 Å². The van der Waals surface area contributed by atoms with Gasteiger partial charge >= 0.3 is 6.09 Å². The molecule has 0 aliphatic heterocycles. The molecule has 0 spiro atoms. The molecule has 2 amide bonds. The van der Waals surface area contributed by atoms with Crippen LogP contribution in [0.2, 0.25) is 0 Å². The van der Waals surface area contributed by atoms with E-state index in [2.05, 4.69) is 9.50 Å². The van der Waals surface area contributed by atoms with Crippen LogP contribution in [-0.2, 0) is 23.8 Å². The molecule has 24 heavy (non-hydrogen) atoms. The molecule has 1 aliphatic carbocycles. The number of carbonyl (C=O) groups excluding carboxylic acids is 2. The quantitative estimate of drug-likeness (QED) is 0.750. The molecule has 8 nitrogen and oxygen atoms in total. The lowest BCUT2D eigenvalue weighted by atomic mass is 9.84. The van der Waals surface area contributed by atoms with Crippen molar-refractivity contribution in [2.45, 2.75) is 56.9 Å². The fraction of sp³-hybridized carbons (Fsp3) is 0.867. The van der Waals surface area contributed by atoms with Crippen molar-refractivity contribution in [2.75, 3.05) is 21.2 Å². The maximum Gasteiger partial charge on any atom is 0.407 e. The minimum absolute atomic E-state index is 0.0840. The highest BCUT2D eigenvalue weighted by Crippen LogP contribution is 2.31. The van der Waals surface area contributed by atoms with Gasteiger partial charge in [-0.25, -0.2) is 4.79 Å². The zero-order chi connectivity index (χ0) is 18.7. The monoisotopic (exact) mass is 364 g/mol. The summed E-state index contributed by atoms with van der Waals surface area (Å²) in [6.45, 7) is 5.15. The number of carbonyl (C=O) groups is 2. The fourth-order valence-electron chi connectivity index (χ4n) is 2.81. The number of nitrogens with one attached hydrogen (secondary N) is 1. The van der Waals surface area contributed by atoms with Crippen molar-refractivity contribution in [3.8, 4) is 0 Å². The van der Waals surface area contributed by atoms with E-state index in [1.54, 1.807) is 34.9 Å². The van der Waals surface area contributed by atoms with E-state index in [-0.39, 0.29) is 24.7 Å². The number of nitrogens with zero attached hydrogens (tertiary/aromatic N) is 1. The standard InChI is InChI=1S/C15H28N2O6S/c1-15(2,3)23-14(19)16-11-9-10(13(18)17(4)5)7-8-12(11)24(20,21)22-6/h10-12H,7-9H2,1-6H3,(H,16,19)/t10-,11+,12+/m0/s1. The minimum Gasteiger partial charge on any atom is -0.444 e. The molecule has 1 saturated carbocycles. The molecule has 3 atom stereocenters. The Morgan fingerprint density at radius 2 is 1.75 bits per heavy atom. The summed E-state index contributed by atoms with van der Waals surface area (Å²) in [5.74, 6) is -0.428. The minimum atomic E-state index is -3.82. The highest BCUT2D eigenvalue weighted by atomic mass is 32.2. The number of ether oxygens (including phenoxy) is 1. The van der Waals surface area contributed by atoms with Gasteiger partial charge in [0.05, 0.1) is 13.2 Å². The van der Waals surface area contributed by atoms with Crippen LogP contribution >= 0.6 is 0 Å². The zero-order valence-electron chi connectivity index (χ0n) is 15.2. The van der Waals surface area contributed by atoms with Gasteiger partial charge < -0.3 is 15.0 Å². The predicted octanol–water partition coefficient (Wildman–Crippen LogP) is 1.11. The molecule has 1 N–H and O–H groups in total. The van der Waals surface area contributed by atoms with Crippen molar-refractivity contribution in [2.24, 2.45) is 5.92 Å². The first-order valence-corrected chi connectivity index (χ1v) is 9.34. The zero-order valence-corrected chi connectivity index (χ0v) is 16.0. The number of alkyl carbamates (subject to hydrolysis) is 1. The van der Waals surface area contributed by atoms with E-state index in [9.17, 15) is 18.0 Å². The van der Waals surface area contributed by atoms with Crippen molar-refractivity contribution < 1.29 is 26.9 Å². The van der Waals surface area contributed by atoms with Crippen molar-refractivity contribution in [3.63, 3.8) is 0 Å². The molecule has 1 fully saturated rings. The Bertz CT molecular complexity index is 567. The Balaban J connectivity index is 2.95. The van der Waals surface area contributed by atoms with Crippen molar-refractivity contribution in [1.82, 2.24) is 10.2 Å². The molecule has 0 radical (unpaired) electrons. The summed E-state index contributed by atoms with van der Waals surface area (Å²) in [5, 5.41) is 1.70. The third-order valence-electron chi connectivity index (χ3n) is 3.88. The van der Waals surface area contributed by atoms with E-state index >= 15 is 0 Å². The smallest absolute Gasteiger partial charge is 0.407 e. The van der Waals surface area contributed by atoms with Crippen LogP contribution in [0.4, 0.5) is 4.79 Å². The summed E-state index contributed by atoms with van der Waals surface area (Å²) in [6.07, 6.45) is 0.183. The van der Waals surface area contributed by atoms with Crippen LogP contribution in [0.1, 0.15) is 40.0 Å². The Morgan fingerprint density at radius 3 is 2.21 bits per heavy atom. The molecule has 0 saturated heterocycles. The fourth-order valence-corrected chi connectivity index (χ4v) is 4.07. The molecule has 9 heteroatoms. The van der Waals surface area contributed by atoms with Gasteiger partial charge in [-0.05, 0) is 40.0 Å². The molecular weight excluding hydrogens is 336 g/mol. The Morgan fingerprint density at radius 1 is 1.17 bits per heavy atom. The molecule has 0 bridgehead atoms. The van der Waals surface area contributed by atoms with Gasteiger partial charge in [-0.3, -0.25) is 8.98 Å². The lowest BCUT2D eigenvalue weighted by Gasteiger charge is -2.36. The van der Waals surface area contributed by atoms with Gasteiger partial charge in [-0.2, -0.15) is 8.42 Å². The van der Waals surface area contributed by atoms with Crippen LogP contribution in [0.5, 0.6) is 0 Å². The van der Waals surface area contributed by atoms with E-state index in [1.807, 2.05) is 0 Å². The number of hydrogen-bond donors (Lipinski definition) is 1. The Kier molecular flexibility index (Phi) is 6.63. The molecule has 0 aromatic carbocycles. The number of hydrogen-bond acceptors (Lipinski definition) is 6. The SMILES string of the molecule is COS(=O)(=O)[C@@H]1CC[C@H](C(=O)N(C)C)C[C@H]1NC(=O)OC(C)(C)C. The third kappa shape index (κ3) is 5.62. The first kappa shape index (κ1) is 20.7. The van der Waals surface area contributed by atoms with Crippen molar-refractivity contribution in [3.05, 3.63) is 0 Å².